The van der Waals surface area contributed by atoms with E-state index in [1.54, 1.807) is 54.6 Å². The number of nitrogens with one attached hydrogen (secondary N) is 2. The monoisotopic (exact) mass is 405 g/mol. The van der Waals surface area contributed by atoms with Crippen LogP contribution in [0.1, 0.15) is 15.9 Å². The van der Waals surface area contributed by atoms with Crippen LogP contribution in [-0.4, -0.2) is 24.0 Å². The molecule has 0 saturated carbocycles. The molecule has 150 valence electrons. The average molecular weight is 405 g/mol. The predicted molar refractivity (Wildman–Crippen MR) is 109 cm³/mol. The molecular formula is C22H16FN3O4. The first-order chi connectivity index (χ1) is 14.5. The molecule has 0 aliphatic rings. The maximum absolute atomic E-state index is 12.9. The first-order valence-electron chi connectivity index (χ1n) is 8.79. The molecule has 0 unspecified atom stereocenters. The van der Waals surface area contributed by atoms with E-state index < -0.39 is 23.6 Å². The highest BCUT2D eigenvalue weighted by Gasteiger charge is 2.13. The third-order valence-corrected chi connectivity index (χ3v) is 3.81. The van der Waals surface area contributed by atoms with Crippen molar-refractivity contribution in [1.29, 1.82) is 0 Å². The molecule has 0 bridgehead atoms. The molecule has 0 atom stereocenters. The Kier molecular flexibility index (Phi) is 6.63. The number of rotatable bonds is 5. The first-order valence-corrected chi connectivity index (χ1v) is 8.79. The molecule has 8 heteroatoms. The summed E-state index contributed by atoms with van der Waals surface area (Å²) in [5.41, 5.74) is 3.14. The highest BCUT2D eigenvalue weighted by molar-refractivity contribution is 6.39. The highest BCUT2D eigenvalue weighted by atomic mass is 19.1. The minimum absolute atomic E-state index is 0.236. The molecule has 7 nitrogen and oxygen atoms in total. The van der Waals surface area contributed by atoms with Crippen molar-refractivity contribution < 1.29 is 23.5 Å². The minimum Gasteiger partial charge on any atom is -0.422 e. The zero-order valence-corrected chi connectivity index (χ0v) is 15.5. The quantitative estimate of drug-likeness (QED) is 0.224. The molecule has 0 aromatic heterocycles. The van der Waals surface area contributed by atoms with Gasteiger partial charge in [-0.2, -0.15) is 5.10 Å². The van der Waals surface area contributed by atoms with Crippen LogP contribution < -0.4 is 15.5 Å². The fourth-order valence-corrected chi connectivity index (χ4v) is 2.35. The standard InChI is InChI=1S/C22H16FN3O4/c23-17-10-12-18(13-11-17)25-20(27)21(28)26-24-14-16-8-4-5-9-19(16)30-22(29)15-6-2-1-3-7-15/h1-14H,(H,25,27)(H,26,28)/b24-14+. The molecule has 3 aromatic carbocycles. The molecule has 0 heterocycles. The number of esters is 1. The number of nitrogens with zero attached hydrogens (tertiary/aromatic N) is 1. The van der Waals surface area contributed by atoms with Crippen LogP contribution in [0.25, 0.3) is 0 Å². The lowest BCUT2D eigenvalue weighted by molar-refractivity contribution is -0.136. The second kappa shape index (κ2) is 9.74. The number of ether oxygens (including phenoxy) is 1. The van der Waals surface area contributed by atoms with Crippen molar-refractivity contribution in [1.82, 2.24) is 5.43 Å². The van der Waals surface area contributed by atoms with Crippen molar-refractivity contribution in [2.75, 3.05) is 5.32 Å². The number of hydrazone groups is 1. The van der Waals surface area contributed by atoms with Gasteiger partial charge in [0.15, 0.2) is 0 Å². The summed E-state index contributed by atoms with van der Waals surface area (Å²) in [5, 5.41) is 6.03. The fourth-order valence-electron chi connectivity index (χ4n) is 2.35. The Morgan fingerprint density at radius 1 is 0.833 bits per heavy atom. The number of carbonyl (C=O) groups is 3. The normalized spacial score (nSPS) is 10.4. The number of benzene rings is 3. The van der Waals surface area contributed by atoms with Crippen molar-refractivity contribution >= 4 is 29.7 Å². The van der Waals surface area contributed by atoms with E-state index in [1.165, 1.54) is 18.3 Å². The van der Waals surface area contributed by atoms with Gasteiger partial charge in [-0.1, -0.05) is 30.3 Å². The molecule has 0 fully saturated rings. The number of carbonyl (C=O) groups excluding carboxylic acids is 3. The molecular weight excluding hydrogens is 389 g/mol. The fraction of sp³-hybridized carbons (Fsp3) is 0. The number of hydrogen-bond acceptors (Lipinski definition) is 5. The van der Waals surface area contributed by atoms with Crippen LogP contribution in [0.5, 0.6) is 5.75 Å². The molecule has 2 N–H and O–H groups in total. The minimum atomic E-state index is -1.02. The zero-order valence-electron chi connectivity index (χ0n) is 15.5. The van der Waals surface area contributed by atoms with E-state index in [1.807, 2.05) is 0 Å². The predicted octanol–water partition coefficient (Wildman–Crippen LogP) is 3.13. The maximum atomic E-state index is 12.9. The van der Waals surface area contributed by atoms with Crippen LogP contribution in [0.15, 0.2) is 84.0 Å². The Labute approximate surface area is 171 Å². The van der Waals surface area contributed by atoms with E-state index in [4.69, 9.17) is 4.74 Å². The average Bonchev–Trinajstić information content (AvgIpc) is 2.77. The van der Waals surface area contributed by atoms with E-state index >= 15 is 0 Å². The lowest BCUT2D eigenvalue weighted by Crippen LogP contribution is -2.32. The molecule has 0 aliphatic heterocycles. The van der Waals surface area contributed by atoms with Gasteiger partial charge in [-0.15, -0.1) is 0 Å². The summed E-state index contributed by atoms with van der Waals surface area (Å²) in [4.78, 5) is 35.9. The first kappa shape index (κ1) is 20.4. The number of para-hydroxylation sites is 1. The van der Waals surface area contributed by atoms with Gasteiger partial charge in [-0.3, -0.25) is 9.59 Å². The number of anilines is 1. The third kappa shape index (κ3) is 5.59. The highest BCUT2D eigenvalue weighted by Crippen LogP contribution is 2.17. The van der Waals surface area contributed by atoms with Gasteiger partial charge in [-0.25, -0.2) is 14.6 Å². The number of halogens is 1. The smallest absolute Gasteiger partial charge is 0.343 e. The van der Waals surface area contributed by atoms with Crippen molar-refractivity contribution in [3.8, 4) is 5.75 Å². The van der Waals surface area contributed by atoms with Gasteiger partial charge in [0.05, 0.1) is 11.8 Å². The lowest BCUT2D eigenvalue weighted by atomic mass is 10.2. The molecule has 3 rings (SSSR count). The zero-order chi connectivity index (χ0) is 21.3. The Balaban J connectivity index is 1.60. The molecule has 0 aliphatic carbocycles. The van der Waals surface area contributed by atoms with Crippen molar-refractivity contribution in [2.45, 2.75) is 0 Å². The van der Waals surface area contributed by atoms with Crippen LogP contribution in [0.2, 0.25) is 0 Å². The van der Waals surface area contributed by atoms with Gasteiger partial charge in [0, 0.05) is 11.3 Å². The molecule has 3 aromatic rings. The molecule has 30 heavy (non-hydrogen) atoms. The Hall–Kier alpha value is -4.33. The summed E-state index contributed by atoms with van der Waals surface area (Å²) in [6, 6.07) is 20.0. The molecule has 2 amide bonds. The summed E-state index contributed by atoms with van der Waals surface area (Å²) in [6.07, 6.45) is 1.25. The topological polar surface area (TPSA) is 96.9 Å². The van der Waals surface area contributed by atoms with Crippen LogP contribution in [0.3, 0.4) is 0 Å². The molecule has 0 radical (unpaired) electrons. The Bertz CT molecular complexity index is 1080. The second-order valence-electron chi connectivity index (χ2n) is 5.95. The van der Waals surface area contributed by atoms with E-state index in [0.717, 1.165) is 12.1 Å². The summed E-state index contributed by atoms with van der Waals surface area (Å²) < 4.78 is 18.2. The summed E-state index contributed by atoms with van der Waals surface area (Å²) >= 11 is 0. The summed E-state index contributed by atoms with van der Waals surface area (Å²) in [7, 11) is 0. The van der Waals surface area contributed by atoms with Crippen LogP contribution in [-0.2, 0) is 9.59 Å². The molecule has 0 spiro atoms. The van der Waals surface area contributed by atoms with Crippen molar-refractivity contribution in [3.05, 3.63) is 95.8 Å². The van der Waals surface area contributed by atoms with Crippen LogP contribution in [0, 0.1) is 5.82 Å². The van der Waals surface area contributed by atoms with Gasteiger partial charge in [0.2, 0.25) is 0 Å². The molecule has 0 saturated heterocycles. The van der Waals surface area contributed by atoms with Crippen LogP contribution >= 0.6 is 0 Å². The Morgan fingerprint density at radius 3 is 2.23 bits per heavy atom. The lowest BCUT2D eigenvalue weighted by Gasteiger charge is -2.07. The number of hydrogen-bond donors (Lipinski definition) is 2. The van der Waals surface area contributed by atoms with E-state index in [-0.39, 0.29) is 11.4 Å². The number of amides is 2. The van der Waals surface area contributed by atoms with Gasteiger partial charge < -0.3 is 10.1 Å². The van der Waals surface area contributed by atoms with Crippen molar-refractivity contribution in [3.63, 3.8) is 0 Å². The van der Waals surface area contributed by atoms with Gasteiger partial charge in [0.1, 0.15) is 11.6 Å². The van der Waals surface area contributed by atoms with E-state index in [2.05, 4.69) is 15.8 Å². The SMILES string of the molecule is O=C(N/N=C/c1ccccc1OC(=O)c1ccccc1)C(=O)Nc1ccc(F)cc1. The van der Waals surface area contributed by atoms with Gasteiger partial charge in [-0.05, 0) is 48.5 Å². The van der Waals surface area contributed by atoms with Gasteiger partial charge >= 0.3 is 17.8 Å². The third-order valence-electron chi connectivity index (χ3n) is 3.81. The summed E-state index contributed by atoms with van der Waals surface area (Å²) in [6.45, 7) is 0. The van der Waals surface area contributed by atoms with Crippen LogP contribution in [0.4, 0.5) is 10.1 Å². The second-order valence-corrected chi connectivity index (χ2v) is 5.95. The van der Waals surface area contributed by atoms with E-state index in [0.29, 0.717) is 11.1 Å². The largest absolute Gasteiger partial charge is 0.422 e. The van der Waals surface area contributed by atoms with Crippen molar-refractivity contribution in [2.24, 2.45) is 5.10 Å². The summed E-state index contributed by atoms with van der Waals surface area (Å²) in [5.74, 6) is -2.76. The van der Waals surface area contributed by atoms with Gasteiger partial charge in [0.25, 0.3) is 0 Å². The Morgan fingerprint density at radius 2 is 1.50 bits per heavy atom. The maximum Gasteiger partial charge on any atom is 0.343 e. The van der Waals surface area contributed by atoms with E-state index in [9.17, 15) is 18.8 Å².